The van der Waals surface area contributed by atoms with Crippen molar-refractivity contribution in [1.82, 2.24) is 14.9 Å². The van der Waals surface area contributed by atoms with Gasteiger partial charge in [-0.1, -0.05) is 0 Å². The first-order valence-electron chi connectivity index (χ1n) is 8.13. The average molecular weight is 386 g/mol. The number of hydrogen-bond donors (Lipinski definition) is 3. The van der Waals surface area contributed by atoms with Gasteiger partial charge in [0.15, 0.2) is 0 Å². The molecule has 2 unspecified atom stereocenters. The van der Waals surface area contributed by atoms with Gasteiger partial charge in [0.2, 0.25) is 5.91 Å². The largest absolute Gasteiger partial charge is 0.406 e. The van der Waals surface area contributed by atoms with Gasteiger partial charge in [0, 0.05) is 18.1 Å². The summed E-state index contributed by atoms with van der Waals surface area (Å²) in [7, 11) is 0. The maximum atomic E-state index is 12.7. The van der Waals surface area contributed by atoms with Gasteiger partial charge in [0.05, 0.1) is 17.6 Å². The molecular formula is C16H17F3N4O4. The lowest BCUT2D eigenvalue weighted by Crippen LogP contribution is -2.49. The highest BCUT2D eigenvalue weighted by molar-refractivity contribution is 5.99. The number of halogens is 3. The van der Waals surface area contributed by atoms with Gasteiger partial charge in [-0.3, -0.25) is 14.2 Å². The molecule has 1 fully saturated rings. The molecule has 1 aliphatic rings. The summed E-state index contributed by atoms with van der Waals surface area (Å²) < 4.78 is 43.8. The Bertz CT molecular complexity index is 928. The van der Waals surface area contributed by atoms with E-state index < -0.39 is 36.3 Å². The highest BCUT2D eigenvalue weighted by atomic mass is 19.4. The van der Waals surface area contributed by atoms with Crippen molar-refractivity contribution in [2.45, 2.75) is 25.2 Å². The molecule has 0 bridgehead atoms. The summed E-state index contributed by atoms with van der Waals surface area (Å²) >= 11 is 0. The van der Waals surface area contributed by atoms with Crippen LogP contribution in [0.25, 0.3) is 11.0 Å². The predicted molar refractivity (Wildman–Crippen MR) is 88.0 cm³/mol. The van der Waals surface area contributed by atoms with Crippen LogP contribution in [0.1, 0.15) is 16.8 Å². The van der Waals surface area contributed by atoms with Gasteiger partial charge in [-0.15, -0.1) is 0 Å². The monoisotopic (exact) mass is 386 g/mol. The Labute approximate surface area is 150 Å². The molecule has 8 nitrogen and oxygen atoms in total. The molecule has 4 N–H and O–H groups in total. The third-order valence-corrected chi connectivity index (χ3v) is 4.40. The summed E-state index contributed by atoms with van der Waals surface area (Å²) in [6, 6.07) is 2.88. The predicted octanol–water partition coefficient (Wildman–Crippen LogP) is 0.512. The standard InChI is InChI=1S/C16H17F3N4O4/c17-16(18,19)7-23-11-5-8(1-2-10(11)21-15(23)26)14(25)22-12(13(20)24)9-3-4-27-6-9/h1-2,5,9,12H,3-4,6-7H2,(H2,20,24)(H,21,26)(H,22,25). The molecule has 1 aromatic heterocycles. The quantitative estimate of drug-likeness (QED) is 0.694. The van der Waals surface area contributed by atoms with E-state index in [0.717, 1.165) is 6.07 Å². The first kappa shape index (κ1) is 19.0. The van der Waals surface area contributed by atoms with E-state index in [0.29, 0.717) is 17.6 Å². The van der Waals surface area contributed by atoms with Gasteiger partial charge in [-0.05, 0) is 24.6 Å². The van der Waals surface area contributed by atoms with Crippen molar-refractivity contribution in [1.29, 1.82) is 0 Å². The molecule has 1 aromatic carbocycles. The molecule has 0 aliphatic carbocycles. The average Bonchev–Trinajstić information content (AvgIpc) is 3.19. The van der Waals surface area contributed by atoms with Crippen molar-refractivity contribution in [3.63, 3.8) is 0 Å². The summed E-state index contributed by atoms with van der Waals surface area (Å²) in [5.41, 5.74) is 4.51. The molecule has 146 valence electrons. The minimum atomic E-state index is -4.60. The number of carbonyl (C=O) groups excluding carboxylic acids is 2. The number of rotatable bonds is 5. The van der Waals surface area contributed by atoms with E-state index in [9.17, 15) is 27.6 Å². The van der Waals surface area contributed by atoms with Crippen LogP contribution in [0.3, 0.4) is 0 Å². The Morgan fingerprint density at radius 3 is 2.74 bits per heavy atom. The van der Waals surface area contributed by atoms with Crippen molar-refractivity contribution in [2.24, 2.45) is 11.7 Å². The van der Waals surface area contributed by atoms with Crippen LogP contribution in [-0.4, -0.2) is 46.8 Å². The van der Waals surface area contributed by atoms with E-state index in [-0.39, 0.29) is 29.1 Å². The lowest BCUT2D eigenvalue weighted by molar-refractivity contribution is -0.140. The molecule has 27 heavy (non-hydrogen) atoms. The second-order valence-corrected chi connectivity index (χ2v) is 6.34. The number of aromatic nitrogens is 2. The van der Waals surface area contributed by atoms with Crippen LogP contribution in [0.5, 0.6) is 0 Å². The number of benzene rings is 1. The molecule has 2 atom stereocenters. The fraction of sp³-hybridized carbons (Fsp3) is 0.438. The second-order valence-electron chi connectivity index (χ2n) is 6.34. The fourth-order valence-corrected chi connectivity index (χ4v) is 3.09. The zero-order chi connectivity index (χ0) is 19.8. The lowest BCUT2D eigenvalue weighted by atomic mass is 9.98. The molecule has 0 spiro atoms. The smallest absolute Gasteiger partial charge is 0.381 e. The first-order chi connectivity index (χ1) is 12.7. The second kappa shape index (κ2) is 7.06. The van der Waals surface area contributed by atoms with Crippen LogP contribution in [0.15, 0.2) is 23.0 Å². The molecule has 2 aromatic rings. The third kappa shape index (κ3) is 4.13. The number of H-pyrrole nitrogens is 1. The number of ether oxygens (including phenoxy) is 1. The van der Waals surface area contributed by atoms with E-state index in [1.807, 2.05) is 0 Å². The summed E-state index contributed by atoms with van der Waals surface area (Å²) in [6.45, 7) is -0.764. The fourth-order valence-electron chi connectivity index (χ4n) is 3.09. The van der Waals surface area contributed by atoms with E-state index in [4.69, 9.17) is 10.5 Å². The summed E-state index contributed by atoms with van der Waals surface area (Å²) in [5, 5.41) is 2.50. The van der Waals surface area contributed by atoms with Crippen molar-refractivity contribution < 1.29 is 27.5 Å². The molecule has 11 heteroatoms. The zero-order valence-electron chi connectivity index (χ0n) is 14.0. The minimum absolute atomic E-state index is 0.00240. The number of imidazole rings is 1. The molecule has 2 amide bonds. The number of hydrogen-bond acceptors (Lipinski definition) is 4. The maximum absolute atomic E-state index is 12.7. The third-order valence-electron chi connectivity index (χ3n) is 4.40. The Balaban J connectivity index is 1.89. The number of nitrogens with one attached hydrogen (secondary N) is 2. The first-order valence-corrected chi connectivity index (χ1v) is 8.13. The maximum Gasteiger partial charge on any atom is 0.406 e. The number of nitrogens with two attached hydrogens (primary N) is 1. The molecule has 2 heterocycles. The van der Waals surface area contributed by atoms with Gasteiger partial charge in [0.25, 0.3) is 5.91 Å². The molecule has 0 radical (unpaired) electrons. The van der Waals surface area contributed by atoms with Gasteiger partial charge in [0.1, 0.15) is 12.6 Å². The van der Waals surface area contributed by atoms with Crippen LogP contribution in [0, 0.1) is 5.92 Å². The van der Waals surface area contributed by atoms with Crippen molar-refractivity contribution >= 4 is 22.8 Å². The van der Waals surface area contributed by atoms with Gasteiger partial charge >= 0.3 is 11.9 Å². The number of amides is 2. The Morgan fingerprint density at radius 2 is 2.15 bits per heavy atom. The van der Waals surface area contributed by atoms with Gasteiger partial charge in [-0.25, -0.2) is 4.79 Å². The molecule has 1 saturated heterocycles. The van der Waals surface area contributed by atoms with E-state index in [1.54, 1.807) is 0 Å². The van der Waals surface area contributed by atoms with Crippen LogP contribution in [-0.2, 0) is 16.1 Å². The molecule has 1 aliphatic heterocycles. The number of nitrogens with zero attached hydrogens (tertiary/aromatic N) is 1. The van der Waals surface area contributed by atoms with Gasteiger partial charge < -0.3 is 20.8 Å². The molecule has 3 rings (SSSR count). The Hall–Kier alpha value is -2.82. The summed E-state index contributed by atoms with van der Waals surface area (Å²) in [6.07, 6.45) is -4.05. The number of primary amides is 1. The Morgan fingerprint density at radius 1 is 1.41 bits per heavy atom. The zero-order valence-corrected chi connectivity index (χ0v) is 14.0. The Kier molecular flexibility index (Phi) is 4.96. The SMILES string of the molecule is NC(=O)C(NC(=O)c1ccc2[nH]c(=O)n(CC(F)(F)F)c2c1)C1CCOC1. The topological polar surface area (TPSA) is 119 Å². The van der Waals surface area contributed by atoms with Gasteiger partial charge in [-0.2, -0.15) is 13.2 Å². The highest BCUT2D eigenvalue weighted by Crippen LogP contribution is 2.21. The number of fused-ring (bicyclic) bond motifs is 1. The number of alkyl halides is 3. The molecule has 0 saturated carbocycles. The van der Waals surface area contributed by atoms with Crippen molar-refractivity contribution in [2.75, 3.05) is 13.2 Å². The molecular weight excluding hydrogens is 369 g/mol. The van der Waals surface area contributed by atoms with E-state index >= 15 is 0 Å². The van der Waals surface area contributed by atoms with E-state index in [2.05, 4.69) is 10.3 Å². The number of carbonyl (C=O) groups is 2. The van der Waals surface area contributed by atoms with E-state index in [1.165, 1.54) is 12.1 Å². The van der Waals surface area contributed by atoms with Crippen molar-refractivity contribution in [3.05, 3.63) is 34.2 Å². The van der Waals surface area contributed by atoms with Crippen LogP contribution >= 0.6 is 0 Å². The van der Waals surface area contributed by atoms with Crippen LogP contribution in [0.4, 0.5) is 13.2 Å². The summed E-state index contributed by atoms with van der Waals surface area (Å²) in [5.74, 6) is -1.68. The van der Waals surface area contributed by atoms with Crippen molar-refractivity contribution in [3.8, 4) is 0 Å². The summed E-state index contributed by atoms with van der Waals surface area (Å²) in [4.78, 5) is 38.2. The highest BCUT2D eigenvalue weighted by Gasteiger charge is 2.32. The number of aromatic amines is 1. The lowest BCUT2D eigenvalue weighted by Gasteiger charge is -2.20. The normalized spacial score (nSPS) is 18.6. The minimum Gasteiger partial charge on any atom is -0.381 e. The van der Waals surface area contributed by atoms with Crippen LogP contribution < -0.4 is 16.7 Å². The van der Waals surface area contributed by atoms with Crippen LogP contribution in [0.2, 0.25) is 0 Å².